The third-order valence-corrected chi connectivity index (χ3v) is 3.05. The van der Waals surface area contributed by atoms with E-state index in [-0.39, 0.29) is 6.04 Å². The maximum Gasteiger partial charge on any atom is 0.416 e. The number of benzene rings is 1. The lowest BCUT2D eigenvalue weighted by atomic mass is 10.0. The van der Waals surface area contributed by atoms with E-state index in [0.29, 0.717) is 24.3 Å². The fourth-order valence-electron chi connectivity index (χ4n) is 1.89. The fourth-order valence-corrected chi connectivity index (χ4v) is 1.89. The predicted octanol–water partition coefficient (Wildman–Crippen LogP) is 3.63. The molecule has 1 aromatic carbocycles. The van der Waals surface area contributed by atoms with E-state index in [0.717, 1.165) is 17.7 Å². The highest BCUT2D eigenvalue weighted by atomic mass is 19.4. The van der Waals surface area contributed by atoms with Crippen molar-refractivity contribution >= 4 is 0 Å². The third kappa shape index (κ3) is 3.60. The van der Waals surface area contributed by atoms with E-state index < -0.39 is 11.7 Å². The molecule has 1 aromatic heterocycles. The summed E-state index contributed by atoms with van der Waals surface area (Å²) in [7, 11) is 0. The van der Waals surface area contributed by atoms with E-state index in [4.69, 9.17) is 10.3 Å². The quantitative estimate of drug-likeness (QED) is 0.932. The van der Waals surface area contributed by atoms with Gasteiger partial charge in [0.05, 0.1) is 11.6 Å². The van der Waals surface area contributed by atoms with Gasteiger partial charge in [0, 0.05) is 6.07 Å². The van der Waals surface area contributed by atoms with Crippen LogP contribution in [0.2, 0.25) is 0 Å². The number of alkyl halides is 3. The largest absolute Gasteiger partial charge is 0.416 e. The van der Waals surface area contributed by atoms with Gasteiger partial charge in [0.1, 0.15) is 11.5 Å². The summed E-state index contributed by atoms with van der Waals surface area (Å²) in [6, 6.07) is 6.60. The van der Waals surface area contributed by atoms with E-state index in [1.54, 1.807) is 13.0 Å². The summed E-state index contributed by atoms with van der Waals surface area (Å²) >= 11 is 0. The summed E-state index contributed by atoms with van der Waals surface area (Å²) < 4.78 is 42.2. The first-order valence-corrected chi connectivity index (χ1v) is 6.21. The van der Waals surface area contributed by atoms with Gasteiger partial charge in [-0.3, -0.25) is 0 Å². The van der Waals surface area contributed by atoms with Gasteiger partial charge in [-0.2, -0.15) is 13.2 Å². The second-order valence-corrected chi connectivity index (χ2v) is 4.70. The van der Waals surface area contributed by atoms with Crippen molar-refractivity contribution in [3.8, 4) is 0 Å². The summed E-state index contributed by atoms with van der Waals surface area (Å²) in [6.07, 6.45) is -3.12. The number of halogens is 3. The smallest absolute Gasteiger partial charge is 0.361 e. The van der Waals surface area contributed by atoms with Gasteiger partial charge in [-0.15, -0.1) is 0 Å². The third-order valence-electron chi connectivity index (χ3n) is 3.05. The van der Waals surface area contributed by atoms with E-state index in [1.165, 1.54) is 12.1 Å². The minimum absolute atomic E-state index is 0.283. The Bertz CT molecular complexity index is 561. The van der Waals surface area contributed by atoms with Crippen LogP contribution in [0.3, 0.4) is 0 Å². The van der Waals surface area contributed by atoms with Crippen LogP contribution in [0, 0.1) is 6.92 Å². The van der Waals surface area contributed by atoms with Crippen molar-refractivity contribution in [2.24, 2.45) is 5.73 Å². The molecule has 0 amide bonds. The molecule has 2 aromatic rings. The molecule has 0 saturated heterocycles. The van der Waals surface area contributed by atoms with Gasteiger partial charge in [0.15, 0.2) is 0 Å². The molecule has 1 atom stereocenters. The molecule has 108 valence electrons. The Morgan fingerprint density at radius 2 is 1.90 bits per heavy atom. The standard InChI is InChI=1S/C14H15F3N2O/c1-9-8-13(19-20-9)12(18)7-4-10-2-5-11(6-3-10)14(15,16)17/h2-3,5-6,8,12H,4,7,18H2,1H3. The molecule has 1 heterocycles. The number of nitrogens with two attached hydrogens (primary N) is 1. The van der Waals surface area contributed by atoms with Crippen LogP contribution in [0.15, 0.2) is 34.9 Å². The number of aromatic nitrogens is 1. The van der Waals surface area contributed by atoms with Crippen molar-refractivity contribution in [3.05, 3.63) is 52.9 Å². The first-order chi connectivity index (χ1) is 9.36. The summed E-state index contributed by atoms with van der Waals surface area (Å²) in [5.41, 5.74) is 6.79. The second-order valence-electron chi connectivity index (χ2n) is 4.70. The first kappa shape index (κ1) is 14.6. The average Bonchev–Trinajstić information content (AvgIpc) is 2.82. The summed E-state index contributed by atoms with van der Waals surface area (Å²) in [5, 5.41) is 3.83. The lowest BCUT2D eigenvalue weighted by Crippen LogP contribution is -2.11. The highest BCUT2D eigenvalue weighted by Crippen LogP contribution is 2.29. The summed E-state index contributed by atoms with van der Waals surface area (Å²) in [6.45, 7) is 1.78. The van der Waals surface area contributed by atoms with Crippen molar-refractivity contribution in [1.82, 2.24) is 5.16 Å². The zero-order valence-electron chi connectivity index (χ0n) is 10.9. The molecule has 0 saturated carbocycles. The van der Waals surface area contributed by atoms with Gasteiger partial charge >= 0.3 is 6.18 Å². The highest BCUT2D eigenvalue weighted by Gasteiger charge is 2.29. The molecule has 3 nitrogen and oxygen atoms in total. The summed E-state index contributed by atoms with van der Waals surface area (Å²) in [5.74, 6) is 0.685. The number of rotatable bonds is 4. The molecule has 0 bridgehead atoms. The van der Waals surface area contributed by atoms with E-state index >= 15 is 0 Å². The Kier molecular flexibility index (Phi) is 4.13. The van der Waals surface area contributed by atoms with Gasteiger partial charge < -0.3 is 10.3 Å². The molecule has 0 fully saturated rings. The Morgan fingerprint density at radius 1 is 1.25 bits per heavy atom. The Hall–Kier alpha value is -1.82. The van der Waals surface area contributed by atoms with Crippen LogP contribution in [-0.4, -0.2) is 5.16 Å². The summed E-state index contributed by atoms with van der Waals surface area (Å²) in [4.78, 5) is 0. The van der Waals surface area contributed by atoms with Gasteiger partial charge in [-0.05, 0) is 37.5 Å². The Balaban J connectivity index is 1.94. The van der Waals surface area contributed by atoms with Crippen molar-refractivity contribution < 1.29 is 17.7 Å². The molecular weight excluding hydrogens is 269 g/mol. The lowest BCUT2D eigenvalue weighted by molar-refractivity contribution is -0.137. The minimum atomic E-state index is -4.30. The predicted molar refractivity (Wildman–Crippen MR) is 67.9 cm³/mol. The normalized spacial score (nSPS) is 13.4. The van der Waals surface area contributed by atoms with Crippen LogP contribution < -0.4 is 5.73 Å². The van der Waals surface area contributed by atoms with Gasteiger partial charge in [0.2, 0.25) is 0 Å². The molecule has 2 N–H and O–H groups in total. The molecular formula is C14H15F3N2O. The maximum atomic E-state index is 12.4. The van der Waals surface area contributed by atoms with E-state index in [9.17, 15) is 13.2 Å². The molecule has 0 aliphatic rings. The fraction of sp³-hybridized carbons (Fsp3) is 0.357. The average molecular weight is 284 g/mol. The van der Waals surface area contributed by atoms with Crippen LogP contribution in [0.25, 0.3) is 0 Å². The van der Waals surface area contributed by atoms with Crippen LogP contribution in [-0.2, 0) is 12.6 Å². The zero-order chi connectivity index (χ0) is 14.8. The molecule has 0 spiro atoms. The highest BCUT2D eigenvalue weighted by molar-refractivity contribution is 5.25. The van der Waals surface area contributed by atoms with Crippen molar-refractivity contribution in [3.63, 3.8) is 0 Å². The van der Waals surface area contributed by atoms with Crippen LogP contribution in [0.5, 0.6) is 0 Å². The van der Waals surface area contributed by atoms with Crippen LogP contribution >= 0.6 is 0 Å². The number of aryl methyl sites for hydroxylation is 2. The van der Waals surface area contributed by atoms with Crippen LogP contribution in [0.4, 0.5) is 13.2 Å². The monoisotopic (exact) mass is 284 g/mol. The second kappa shape index (κ2) is 5.66. The lowest BCUT2D eigenvalue weighted by Gasteiger charge is -2.10. The SMILES string of the molecule is Cc1cc(C(N)CCc2ccc(C(F)(F)F)cc2)no1. The van der Waals surface area contributed by atoms with Crippen molar-refractivity contribution in [2.75, 3.05) is 0 Å². The molecule has 0 aliphatic heterocycles. The first-order valence-electron chi connectivity index (χ1n) is 6.21. The number of nitrogens with zero attached hydrogens (tertiary/aromatic N) is 1. The number of hydrogen-bond donors (Lipinski definition) is 1. The van der Waals surface area contributed by atoms with Gasteiger partial charge in [0.25, 0.3) is 0 Å². The molecule has 6 heteroatoms. The minimum Gasteiger partial charge on any atom is -0.361 e. The van der Waals surface area contributed by atoms with Crippen molar-refractivity contribution in [1.29, 1.82) is 0 Å². The van der Waals surface area contributed by atoms with E-state index in [1.807, 2.05) is 0 Å². The zero-order valence-corrected chi connectivity index (χ0v) is 10.9. The topological polar surface area (TPSA) is 52.0 Å². The Labute approximate surface area is 114 Å². The number of hydrogen-bond acceptors (Lipinski definition) is 3. The molecule has 2 rings (SSSR count). The van der Waals surface area contributed by atoms with Crippen molar-refractivity contribution in [2.45, 2.75) is 32.0 Å². The molecule has 20 heavy (non-hydrogen) atoms. The maximum absolute atomic E-state index is 12.4. The van der Waals surface area contributed by atoms with Gasteiger partial charge in [-0.1, -0.05) is 17.3 Å². The van der Waals surface area contributed by atoms with Gasteiger partial charge in [-0.25, -0.2) is 0 Å². The molecule has 0 radical (unpaired) electrons. The Morgan fingerprint density at radius 3 is 2.40 bits per heavy atom. The van der Waals surface area contributed by atoms with Crippen LogP contribution in [0.1, 0.15) is 35.0 Å². The van der Waals surface area contributed by atoms with E-state index in [2.05, 4.69) is 5.16 Å². The molecule has 0 aliphatic carbocycles. The molecule has 1 unspecified atom stereocenters.